The van der Waals surface area contributed by atoms with Crippen LogP contribution >= 0.6 is 11.6 Å². The first-order valence-electron chi connectivity index (χ1n) is 5.86. The second-order valence-corrected chi connectivity index (χ2v) is 4.33. The zero-order chi connectivity index (χ0) is 13.5. The molecule has 1 aromatic rings. The maximum atomic E-state index is 13.0. The van der Waals surface area contributed by atoms with E-state index >= 15 is 0 Å². The van der Waals surface area contributed by atoms with Gasteiger partial charge in [0.15, 0.2) is 11.6 Å². The van der Waals surface area contributed by atoms with Crippen LogP contribution in [0, 0.1) is 11.6 Å². The summed E-state index contributed by atoms with van der Waals surface area (Å²) in [6, 6.07) is 3.67. The standard InChI is InChI=1S/C13H16ClF2NO/c1-2-17(13(18)4-3-7-14)9-10-5-6-11(15)12(16)8-10/h5-6,8H,2-4,7,9H2,1H3. The minimum atomic E-state index is -0.892. The largest absolute Gasteiger partial charge is 0.339 e. The van der Waals surface area contributed by atoms with Gasteiger partial charge in [0.25, 0.3) is 0 Å². The van der Waals surface area contributed by atoms with Crippen LogP contribution in [0.25, 0.3) is 0 Å². The van der Waals surface area contributed by atoms with E-state index in [1.54, 1.807) is 4.90 Å². The van der Waals surface area contributed by atoms with Crippen LogP contribution in [0.15, 0.2) is 18.2 Å². The number of hydrogen-bond acceptors (Lipinski definition) is 1. The summed E-state index contributed by atoms with van der Waals surface area (Å²) in [5, 5.41) is 0. The molecule has 5 heteroatoms. The van der Waals surface area contributed by atoms with Crippen LogP contribution < -0.4 is 0 Å². The Morgan fingerprint density at radius 2 is 2.06 bits per heavy atom. The van der Waals surface area contributed by atoms with E-state index in [0.717, 1.165) is 12.1 Å². The Hall–Kier alpha value is -1.16. The fourth-order valence-corrected chi connectivity index (χ4v) is 1.74. The first-order valence-corrected chi connectivity index (χ1v) is 6.39. The number of carbonyl (C=O) groups is 1. The second kappa shape index (κ2) is 7.31. The molecule has 0 unspecified atom stereocenters. The van der Waals surface area contributed by atoms with Gasteiger partial charge >= 0.3 is 0 Å². The number of halogens is 3. The first kappa shape index (κ1) is 14.9. The molecule has 0 aromatic heterocycles. The molecule has 0 bridgehead atoms. The van der Waals surface area contributed by atoms with Gasteiger partial charge in [0.1, 0.15) is 0 Å². The van der Waals surface area contributed by atoms with Crippen molar-refractivity contribution in [2.24, 2.45) is 0 Å². The molecule has 0 N–H and O–H groups in total. The molecular formula is C13H16ClF2NO. The lowest BCUT2D eigenvalue weighted by Gasteiger charge is -2.21. The molecule has 0 spiro atoms. The minimum Gasteiger partial charge on any atom is -0.339 e. The highest BCUT2D eigenvalue weighted by molar-refractivity contribution is 6.17. The van der Waals surface area contributed by atoms with Gasteiger partial charge in [-0.3, -0.25) is 4.79 Å². The summed E-state index contributed by atoms with van der Waals surface area (Å²) in [7, 11) is 0. The van der Waals surface area contributed by atoms with Gasteiger partial charge in [0.2, 0.25) is 5.91 Å². The van der Waals surface area contributed by atoms with Gasteiger partial charge in [-0.2, -0.15) is 0 Å². The molecule has 100 valence electrons. The van der Waals surface area contributed by atoms with Crippen LogP contribution in [-0.2, 0) is 11.3 Å². The van der Waals surface area contributed by atoms with E-state index in [2.05, 4.69) is 0 Å². The Morgan fingerprint density at radius 1 is 1.33 bits per heavy atom. The molecule has 0 saturated carbocycles. The summed E-state index contributed by atoms with van der Waals surface area (Å²) < 4.78 is 25.8. The topological polar surface area (TPSA) is 20.3 Å². The normalized spacial score (nSPS) is 10.4. The highest BCUT2D eigenvalue weighted by atomic mass is 35.5. The van der Waals surface area contributed by atoms with Crippen LogP contribution in [0.3, 0.4) is 0 Å². The van der Waals surface area contributed by atoms with E-state index in [1.807, 2.05) is 6.92 Å². The zero-order valence-electron chi connectivity index (χ0n) is 10.3. The van der Waals surface area contributed by atoms with Crippen molar-refractivity contribution in [3.8, 4) is 0 Å². The summed E-state index contributed by atoms with van der Waals surface area (Å²) in [5.74, 6) is -1.36. The van der Waals surface area contributed by atoms with Crippen molar-refractivity contribution >= 4 is 17.5 Å². The highest BCUT2D eigenvalue weighted by Gasteiger charge is 2.12. The van der Waals surface area contributed by atoms with E-state index in [0.29, 0.717) is 30.8 Å². The molecular weight excluding hydrogens is 260 g/mol. The molecule has 2 nitrogen and oxygen atoms in total. The van der Waals surface area contributed by atoms with E-state index in [4.69, 9.17) is 11.6 Å². The first-order chi connectivity index (χ1) is 8.58. The lowest BCUT2D eigenvalue weighted by molar-refractivity contribution is -0.131. The third-order valence-corrected chi connectivity index (χ3v) is 2.88. The Morgan fingerprint density at radius 3 is 2.61 bits per heavy atom. The Balaban J connectivity index is 2.67. The van der Waals surface area contributed by atoms with Crippen molar-refractivity contribution in [2.75, 3.05) is 12.4 Å². The number of nitrogens with zero attached hydrogens (tertiary/aromatic N) is 1. The molecule has 1 aromatic carbocycles. The van der Waals surface area contributed by atoms with Crippen molar-refractivity contribution in [3.05, 3.63) is 35.4 Å². The van der Waals surface area contributed by atoms with Gasteiger partial charge in [-0.1, -0.05) is 6.07 Å². The van der Waals surface area contributed by atoms with Gasteiger partial charge < -0.3 is 4.90 Å². The quantitative estimate of drug-likeness (QED) is 0.729. The molecule has 0 fully saturated rings. The van der Waals surface area contributed by atoms with Crippen LogP contribution in [0.2, 0.25) is 0 Å². The Bertz CT molecular complexity index is 412. The zero-order valence-corrected chi connectivity index (χ0v) is 11.0. The predicted molar refractivity (Wildman–Crippen MR) is 67.4 cm³/mol. The molecule has 0 aliphatic heterocycles. The van der Waals surface area contributed by atoms with Crippen LogP contribution in [-0.4, -0.2) is 23.2 Å². The number of rotatable bonds is 6. The molecule has 1 rings (SSSR count). The number of alkyl halides is 1. The third-order valence-electron chi connectivity index (χ3n) is 2.62. The maximum Gasteiger partial charge on any atom is 0.222 e. The van der Waals surface area contributed by atoms with Gasteiger partial charge in [-0.15, -0.1) is 11.6 Å². The molecule has 0 aliphatic carbocycles. The van der Waals surface area contributed by atoms with Crippen LogP contribution in [0.4, 0.5) is 8.78 Å². The van der Waals surface area contributed by atoms with Crippen molar-refractivity contribution < 1.29 is 13.6 Å². The average Bonchev–Trinajstić information content (AvgIpc) is 2.37. The van der Waals surface area contributed by atoms with Gasteiger partial charge in [-0.25, -0.2) is 8.78 Å². The molecule has 0 atom stereocenters. The summed E-state index contributed by atoms with van der Waals surface area (Å²) in [5.41, 5.74) is 0.579. The van der Waals surface area contributed by atoms with Crippen LogP contribution in [0.1, 0.15) is 25.3 Å². The van der Waals surface area contributed by atoms with E-state index < -0.39 is 11.6 Å². The summed E-state index contributed by atoms with van der Waals surface area (Å²) in [6.45, 7) is 2.66. The SMILES string of the molecule is CCN(Cc1ccc(F)c(F)c1)C(=O)CCCCl. The Labute approximate surface area is 111 Å². The minimum absolute atomic E-state index is 0.0251. The summed E-state index contributed by atoms with van der Waals surface area (Å²) in [4.78, 5) is 13.4. The smallest absolute Gasteiger partial charge is 0.222 e. The fraction of sp³-hybridized carbons (Fsp3) is 0.462. The van der Waals surface area contributed by atoms with Gasteiger partial charge in [0, 0.05) is 25.4 Å². The van der Waals surface area contributed by atoms with Crippen molar-refractivity contribution in [1.29, 1.82) is 0 Å². The average molecular weight is 276 g/mol. The highest BCUT2D eigenvalue weighted by Crippen LogP contribution is 2.12. The maximum absolute atomic E-state index is 13.0. The molecule has 1 amide bonds. The molecule has 0 heterocycles. The molecule has 18 heavy (non-hydrogen) atoms. The van der Waals surface area contributed by atoms with Crippen molar-refractivity contribution in [2.45, 2.75) is 26.3 Å². The number of hydrogen-bond donors (Lipinski definition) is 0. The van der Waals surface area contributed by atoms with Crippen molar-refractivity contribution in [3.63, 3.8) is 0 Å². The molecule has 0 aliphatic rings. The van der Waals surface area contributed by atoms with Crippen molar-refractivity contribution in [1.82, 2.24) is 4.90 Å². The Kier molecular flexibility index (Phi) is 6.05. The number of benzene rings is 1. The lowest BCUT2D eigenvalue weighted by Crippen LogP contribution is -2.30. The second-order valence-electron chi connectivity index (χ2n) is 3.95. The molecule has 0 radical (unpaired) electrons. The fourth-order valence-electron chi connectivity index (χ4n) is 1.61. The van der Waals surface area contributed by atoms with Crippen LogP contribution in [0.5, 0.6) is 0 Å². The number of amides is 1. The van der Waals surface area contributed by atoms with Gasteiger partial charge in [-0.05, 0) is 31.0 Å². The van der Waals surface area contributed by atoms with E-state index in [9.17, 15) is 13.6 Å². The monoisotopic (exact) mass is 275 g/mol. The lowest BCUT2D eigenvalue weighted by atomic mass is 10.2. The third kappa shape index (κ3) is 4.26. The van der Waals surface area contributed by atoms with E-state index in [1.165, 1.54) is 6.07 Å². The summed E-state index contributed by atoms with van der Waals surface area (Å²) >= 11 is 5.53. The van der Waals surface area contributed by atoms with Gasteiger partial charge in [0.05, 0.1) is 0 Å². The molecule has 0 saturated heterocycles. The summed E-state index contributed by atoms with van der Waals surface area (Å²) in [6.07, 6.45) is 0.996. The predicted octanol–water partition coefficient (Wildman–Crippen LogP) is 3.33. The number of carbonyl (C=O) groups excluding carboxylic acids is 1. The van der Waals surface area contributed by atoms with E-state index in [-0.39, 0.29) is 12.5 Å².